The minimum absolute atomic E-state index is 0.0208. The molecule has 72 valence electrons. The van der Waals surface area contributed by atoms with Gasteiger partial charge in [-0.25, -0.2) is 0 Å². The van der Waals surface area contributed by atoms with Gasteiger partial charge in [0.25, 0.3) is 5.56 Å². The van der Waals surface area contributed by atoms with E-state index in [1.807, 2.05) is 26.8 Å². The molecule has 0 aromatic carbocycles. The molecular formula is C10H16N2O. The van der Waals surface area contributed by atoms with Crippen molar-refractivity contribution in [2.75, 3.05) is 0 Å². The molecule has 0 saturated carbocycles. The fraction of sp³-hybridized carbons (Fsp3) is 0.500. The van der Waals surface area contributed by atoms with E-state index in [4.69, 9.17) is 5.73 Å². The molecule has 1 aromatic rings. The second-order valence-electron chi connectivity index (χ2n) is 3.56. The van der Waals surface area contributed by atoms with Crippen LogP contribution in [0.3, 0.4) is 0 Å². The Balaban J connectivity index is 3.27. The zero-order chi connectivity index (χ0) is 10.0. The van der Waals surface area contributed by atoms with Gasteiger partial charge in [0.1, 0.15) is 0 Å². The Hall–Kier alpha value is -1.09. The fourth-order valence-corrected chi connectivity index (χ4v) is 1.28. The molecule has 0 saturated heterocycles. The van der Waals surface area contributed by atoms with Gasteiger partial charge in [0.15, 0.2) is 0 Å². The van der Waals surface area contributed by atoms with Crippen molar-refractivity contribution >= 4 is 0 Å². The number of hydrogen-bond acceptors (Lipinski definition) is 2. The molecule has 0 aliphatic carbocycles. The van der Waals surface area contributed by atoms with Gasteiger partial charge in [-0.2, -0.15) is 0 Å². The summed E-state index contributed by atoms with van der Waals surface area (Å²) in [6, 6.07) is 3.64. The number of rotatable bonds is 2. The zero-order valence-electron chi connectivity index (χ0n) is 8.32. The van der Waals surface area contributed by atoms with Gasteiger partial charge in [-0.1, -0.05) is 6.07 Å². The monoisotopic (exact) mass is 180 g/mol. The molecule has 3 heteroatoms. The van der Waals surface area contributed by atoms with Gasteiger partial charge in [-0.05, 0) is 26.8 Å². The van der Waals surface area contributed by atoms with Gasteiger partial charge in [0.05, 0.1) is 0 Å². The SMILES string of the molecule is CC(N)c1cccn(C(C)C)c1=O. The molecule has 1 atom stereocenters. The molecule has 13 heavy (non-hydrogen) atoms. The van der Waals surface area contributed by atoms with E-state index in [2.05, 4.69) is 0 Å². The molecule has 0 aliphatic heterocycles. The minimum atomic E-state index is -0.196. The third-order valence-electron chi connectivity index (χ3n) is 2.05. The largest absolute Gasteiger partial charge is 0.324 e. The predicted octanol–water partition coefficient (Wildman–Crippen LogP) is 1.45. The van der Waals surface area contributed by atoms with Crippen LogP contribution in [0.5, 0.6) is 0 Å². The zero-order valence-corrected chi connectivity index (χ0v) is 8.32. The molecule has 0 radical (unpaired) electrons. The number of nitrogens with zero attached hydrogens (tertiary/aromatic N) is 1. The standard InChI is InChI=1S/C10H16N2O/c1-7(2)12-6-4-5-9(8(3)11)10(12)13/h4-8H,11H2,1-3H3. The highest BCUT2D eigenvalue weighted by Gasteiger charge is 2.08. The number of hydrogen-bond donors (Lipinski definition) is 1. The van der Waals surface area contributed by atoms with Crippen molar-refractivity contribution in [2.45, 2.75) is 32.9 Å². The lowest BCUT2D eigenvalue weighted by atomic mass is 10.1. The Bertz CT molecular complexity index is 310. The topological polar surface area (TPSA) is 48.0 Å². The molecule has 0 aliphatic rings. The first-order chi connectivity index (χ1) is 6.04. The van der Waals surface area contributed by atoms with Crippen molar-refractivity contribution < 1.29 is 0 Å². The first kappa shape index (κ1) is 9.99. The Morgan fingerprint density at radius 2 is 2.00 bits per heavy atom. The van der Waals surface area contributed by atoms with E-state index in [1.165, 1.54) is 0 Å². The second kappa shape index (κ2) is 3.75. The van der Waals surface area contributed by atoms with Gasteiger partial charge in [0, 0.05) is 23.8 Å². The van der Waals surface area contributed by atoms with Crippen molar-refractivity contribution in [2.24, 2.45) is 5.73 Å². The third-order valence-corrected chi connectivity index (χ3v) is 2.05. The van der Waals surface area contributed by atoms with Gasteiger partial charge in [0.2, 0.25) is 0 Å². The van der Waals surface area contributed by atoms with E-state index in [0.29, 0.717) is 5.56 Å². The summed E-state index contributed by atoms with van der Waals surface area (Å²) in [5, 5.41) is 0. The first-order valence-electron chi connectivity index (χ1n) is 4.50. The molecule has 1 rings (SSSR count). The van der Waals surface area contributed by atoms with Crippen LogP contribution in [0.25, 0.3) is 0 Å². The van der Waals surface area contributed by atoms with E-state index in [-0.39, 0.29) is 17.6 Å². The van der Waals surface area contributed by atoms with Crippen LogP contribution in [0.1, 0.15) is 38.4 Å². The summed E-state index contributed by atoms with van der Waals surface area (Å²) in [6.07, 6.45) is 1.79. The van der Waals surface area contributed by atoms with Crippen LogP contribution in [-0.4, -0.2) is 4.57 Å². The normalized spacial score (nSPS) is 13.3. The van der Waals surface area contributed by atoms with Gasteiger partial charge < -0.3 is 10.3 Å². The molecule has 1 heterocycles. The summed E-state index contributed by atoms with van der Waals surface area (Å²) in [4.78, 5) is 11.7. The van der Waals surface area contributed by atoms with Crippen LogP contribution in [0.4, 0.5) is 0 Å². The summed E-state index contributed by atoms with van der Waals surface area (Å²) in [5.74, 6) is 0. The Morgan fingerprint density at radius 3 is 2.46 bits per heavy atom. The van der Waals surface area contributed by atoms with Gasteiger partial charge in [-0.15, -0.1) is 0 Å². The van der Waals surface area contributed by atoms with E-state index < -0.39 is 0 Å². The summed E-state index contributed by atoms with van der Waals surface area (Å²) < 4.78 is 1.69. The Morgan fingerprint density at radius 1 is 1.38 bits per heavy atom. The molecule has 0 bridgehead atoms. The number of pyridine rings is 1. The maximum atomic E-state index is 11.7. The fourth-order valence-electron chi connectivity index (χ4n) is 1.28. The highest BCUT2D eigenvalue weighted by atomic mass is 16.1. The molecule has 0 spiro atoms. The molecule has 0 amide bonds. The highest BCUT2D eigenvalue weighted by Crippen LogP contribution is 2.05. The Kier molecular flexibility index (Phi) is 2.88. The minimum Gasteiger partial charge on any atom is -0.324 e. The number of nitrogens with two attached hydrogens (primary N) is 1. The lowest BCUT2D eigenvalue weighted by Crippen LogP contribution is -2.27. The van der Waals surface area contributed by atoms with Crippen LogP contribution in [0.15, 0.2) is 23.1 Å². The van der Waals surface area contributed by atoms with E-state index in [9.17, 15) is 4.79 Å². The van der Waals surface area contributed by atoms with E-state index in [0.717, 1.165) is 0 Å². The quantitative estimate of drug-likeness (QED) is 0.748. The van der Waals surface area contributed by atoms with Crippen molar-refractivity contribution in [1.82, 2.24) is 4.57 Å². The molecular weight excluding hydrogens is 164 g/mol. The van der Waals surface area contributed by atoms with Crippen LogP contribution in [0, 0.1) is 0 Å². The van der Waals surface area contributed by atoms with Gasteiger partial charge >= 0.3 is 0 Å². The van der Waals surface area contributed by atoms with Crippen molar-refractivity contribution in [3.05, 3.63) is 34.2 Å². The van der Waals surface area contributed by atoms with Gasteiger partial charge in [-0.3, -0.25) is 4.79 Å². The Labute approximate surface area is 78.2 Å². The molecule has 1 unspecified atom stereocenters. The summed E-state index contributed by atoms with van der Waals surface area (Å²) in [6.45, 7) is 5.78. The van der Waals surface area contributed by atoms with Crippen LogP contribution in [-0.2, 0) is 0 Å². The summed E-state index contributed by atoms with van der Waals surface area (Å²) in [5.41, 5.74) is 6.37. The highest BCUT2D eigenvalue weighted by molar-refractivity contribution is 5.14. The molecule has 3 nitrogen and oxygen atoms in total. The predicted molar refractivity (Wildman–Crippen MR) is 53.7 cm³/mol. The number of aromatic nitrogens is 1. The molecule has 2 N–H and O–H groups in total. The van der Waals surface area contributed by atoms with Crippen LogP contribution < -0.4 is 11.3 Å². The second-order valence-corrected chi connectivity index (χ2v) is 3.56. The van der Waals surface area contributed by atoms with Crippen LogP contribution in [0.2, 0.25) is 0 Å². The van der Waals surface area contributed by atoms with E-state index in [1.54, 1.807) is 16.8 Å². The van der Waals surface area contributed by atoms with Crippen molar-refractivity contribution in [3.63, 3.8) is 0 Å². The third kappa shape index (κ3) is 1.98. The average Bonchev–Trinajstić information content (AvgIpc) is 2.03. The summed E-state index contributed by atoms with van der Waals surface area (Å²) in [7, 11) is 0. The average molecular weight is 180 g/mol. The maximum Gasteiger partial charge on any atom is 0.255 e. The lowest BCUT2D eigenvalue weighted by molar-refractivity contribution is 0.568. The summed E-state index contributed by atoms with van der Waals surface area (Å²) >= 11 is 0. The van der Waals surface area contributed by atoms with Crippen LogP contribution >= 0.6 is 0 Å². The first-order valence-corrected chi connectivity index (χ1v) is 4.50. The van der Waals surface area contributed by atoms with E-state index >= 15 is 0 Å². The van der Waals surface area contributed by atoms with Crippen molar-refractivity contribution in [3.8, 4) is 0 Å². The smallest absolute Gasteiger partial charge is 0.255 e. The molecule has 0 fully saturated rings. The maximum absolute atomic E-state index is 11.7. The lowest BCUT2D eigenvalue weighted by Gasteiger charge is -2.12. The molecule has 1 aromatic heterocycles. The van der Waals surface area contributed by atoms with Crippen molar-refractivity contribution in [1.29, 1.82) is 0 Å².